The highest BCUT2D eigenvalue weighted by Crippen LogP contribution is 2.42. The molecule has 4 rings (SSSR count). The van der Waals surface area contributed by atoms with Crippen LogP contribution in [0.3, 0.4) is 0 Å². The monoisotopic (exact) mass is 321 g/mol. The molecule has 0 bridgehead atoms. The summed E-state index contributed by atoms with van der Waals surface area (Å²) < 4.78 is 7.36. The standard InChI is InChI=1S/C14H19N5O4/c1-14(22)10(21)8(5-20)23-13(14)19-4-7-9-11(16-3-2-15-7)17-6-18-12(9)19/h4,6,8,10,13,15,20-22H,2-3,5H2,1H3,(H,16,17,18)/t8-,10-,13?,14?/m1/s1. The molecule has 4 heterocycles. The van der Waals surface area contributed by atoms with E-state index in [0.29, 0.717) is 11.5 Å². The summed E-state index contributed by atoms with van der Waals surface area (Å²) in [7, 11) is 0. The molecule has 0 spiro atoms. The highest BCUT2D eigenvalue weighted by molar-refractivity contribution is 5.99. The first-order chi connectivity index (χ1) is 11.0. The van der Waals surface area contributed by atoms with E-state index in [1.807, 2.05) is 0 Å². The summed E-state index contributed by atoms with van der Waals surface area (Å²) in [5.74, 6) is 0.714. The summed E-state index contributed by atoms with van der Waals surface area (Å²) >= 11 is 0. The largest absolute Gasteiger partial charge is 0.394 e. The van der Waals surface area contributed by atoms with Crippen LogP contribution in [-0.4, -0.2) is 67.4 Å². The lowest BCUT2D eigenvalue weighted by Crippen LogP contribution is -2.44. The molecule has 2 aromatic heterocycles. The second kappa shape index (κ2) is 5.03. The summed E-state index contributed by atoms with van der Waals surface area (Å²) in [6, 6.07) is 0. The lowest BCUT2D eigenvalue weighted by molar-refractivity contribution is -0.0947. The van der Waals surface area contributed by atoms with Crippen molar-refractivity contribution in [1.29, 1.82) is 0 Å². The fourth-order valence-corrected chi connectivity index (χ4v) is 3.30. The van der Waals surface area contributed by atoms with Crippen LogP contribution in [0.2, 0.25) is 0 Å². The number of hydrogen-bond donors (Lipinski definition) is 5. The first kappa shape index (κ1) is 14.6. The Morgan fingerprint density at radius 1 is 1.39 bits per heavy atom. The Morgan fingerprint density at radius 2 is 2.17 bits per heavy atom. The van der Waals surface area contributed by atoms with Crippen molar-refractivity contribution in [3.05, 3.63) is 12.5 Å². The van der Waals surface area contributed by atoms with Crippen LogP contribution in [0.15, 0.2) is 12.5 Å². The zero-order chi connectivity index (χ0) is 16.2. The van der Waals surface area contributed by atoms with Crippen LogP contribution in [0.5, 0.6) is 0 Å². The van der Waals surface area contributed by atoms with E-state index in [1.165, 1.54) is 13.3 Å². The predicted molar refractivity (Wildman–Crippen MR) is 82.1 cm³/mol. The van der Waals surface area contributed by atoms with Crippen LogP contribution in [-0.2, 0) is 4.74 Å². The molecule has 124 valence electrons. The molecule has 2 aliphatic heterocycles. The maximum atomic E-state index is 10.7. The van der Waals surface area contributed by atoms with E-state index in [4.69, 9.17) is 4.74 Å². The van der Waals surface area contributed by atoms with Crippen LogP contribution in [0, 0.1) is 0 Å². The maximum absolute atomic E-state index is 10.7. The van der Waals surface area contributed by atoms with E-state index in [1.54, 1.807) is 10.8 Å². The number of anilines is 2. The quantitative estimate of drug-likeness (QED) is 0.490. The number of hydrogen-bond acceptors (Lipinski definition) is 8. The predicted octanol–water partition coefficient (Wildman–Crippen LogP) is -0.730. The van der Waals surface area contributed by atoms with Gasteiger partial charge in [-0.15, -0.1) is 0 Å². The van der Waals surface area contributed by atoms with Crippen LogP contribution >= 0.6 is 0 Å². The van der Waals surface area contributed by atoms with Crippen molar-refractivity contribution < 1.29 is 20.1 Å². The third-order valence-electron chi connectivity index (χ3n) is 4.53. The van der Waals surface area contributed by atoms with Crippen LogP contribution in [0.25, 0.3) is 11.0 Å². The summed E-state index contributed by atoms with van der Waals surface area (Å²) in [6.45, 7) is 2.58. The van der Waals surface area contributed by atoms with Gasteiger partial charge in [0, 0.05) is 19.3 Å². The molecule has 2 aromatic rings. The summed E-state index contributed by atoms with van der Waals surface area (Å²) in [5.41, 5.74) is -0.135. The molecule has 0 saturated carbocycles. The zero-order valence-corrected chi connectivity index (χ0v) is 12.6. The van der Waals surface area contributed by atoms with Gasteiger partial charge in [0.25, 0.3) is 0 Å². The first-order valence-electron chi connectivity index (χ1n) is 7.54. The highest BCUT2D eigenvalue weighted by Gasteiger charge is 2.53. The van der Waals surface area contributed by atoms with Crippen molar-refractivity contribution in [2.24, 2.45) is 0 Å². The number of aliphatic hydroxyl groups is 3. The van der Waals surface area contributed by atoms with Gasteiger partial charge in [-0.25, -0.2) is 9.97 Å². The van der Waals surface area contributed by atoms with Crippen molar-refractivity contribution in [2.75, 3.05) is 30.3 Å². The van der Waals surface area contributed by atoms with Gasteiger partial charge in [0.1, 0.15) is 35.6 Å². The first-order valence-corrected chi connectivity index (χ1v) is 7.54. The third kappa shape index (κ3) is 2.01. The van der Waals surface area contributed by atoms with E-state index >= 15 is 0 Å². The van der Waals surface area contributed by atoms with Crippen LogP contribution in [0.4, 0.5) is 11.5 Å². The van der Waals surface area contributed by atoms with Gasteiger partial charge in [0.05, 0.1) is 17.7 Å². The van der Waals surface area contributed by atoms with Crippen molar-refractivity contribution in [1.82, 2.24) is 14.5 Å². The van der Waals surface area contributed by atoms with Gasteiger partial charge in [-0.2, -0.15) is 0 Å². The molecule has 0 aliphatic carbocycles. The second-order valence-corrected chi connectivity index (χ2v) is 6.10. The molecule has 0 aromatic carbocycles. The topological polar surface area (TPSA) is 125 Å². The third-order valence-corrected chi connectivity index (χ3v) is 4.53. The zero-order valence-electron chi connectivity index (χ0n) is 12.6. The number of rotatable bonds is 2. The van der Waals surface area contributed by atoms with Gasteiger partial charge >= 0.3 is 0 Å². The van der Waals surface area contributed by atoms with Gasteiger partial charge in [0.2, 0.25) is 0 Å². The van der Waals surface area contributed by atoms with E-state index < -0.39 is 24.0 Å². The second-order valence-electron chi connectivity index (χ2n) is 6.10. The number of nitrogens with zero attached hydrogens (tertiary/aromatic N) is 3. The lowest BCUT2D eigenvalue weighted by atomic mass is 9.96. The average Bonchev–Trinajstić information content (AvgIpc) is 2.90. The Kier molecular flexibility index (Phi) is 3.20. The van der Waals surface area contributed by atoms with Crippen LogP contribution in [0.1, 0.15) is 13.2 Å². The van der Waals surface area contributed by atoms with Crippen molar-refractivity contribution in [3.63, 3.8) is 0 Å². The van der Waals surface area contributed by atoms with E-state index in [9.17, 15) is 15.3 Å². The molecule has 9 nitrogen and oxygen atoms in total. The fourth-order valence-electron chi connectivity index (χ4n) is 3.30. The van der Waals surface area contributed by atoms with Gasteiger partial charge in [-0.05, 0) is 6.92 Å². The fraction of sp³-hybridized carbons (Fsp3) is 0.571. The number of ether oxygens (including phenoxy) is 1. The molecule has 2 aliphatic rings. The molecule has 5 N–H and O–H groups in total. The Hall–Kier alpha value is -1.94. The normalized spacial score (nSPS) is 33.3. The Morgan fingerprint density at radius 3 is 2.91 bits per heavy atom. The van der Waals surface area contributed by atoms with Gasteiger partial charge in [0.15, 0.2) is 6.23 Å². The molecule has 1 saturated heterocycles. The number of aromatic nitrogens is 3. The molecule has 23 heavy (non-hydrogen) atoms. The van der Waals surface area contributed by atoms with Gasteiger partial charge in [-0.1, -0.05) is 0 Å². The summed E-state index contributed by atoms with van der Waals surface area (Å²) in [6.07, 6.45) is 0.325. The smallest absolute Gasteiger partial charge is 0.167 e. The maximum Gasteiger partial charge on any atom is 0.167 e. The molecule has 1 fully saturated rings. The average molecular weight is 321 g/mol. The summed E-state index contributed by atoms with van der Waals surface area (Å²) in [4.78, 5) is 8.56. The molecule has 9 heteroatoms. The molecule has 0 amide bonds. The van der Waals surface area contributed by atoms with Gasteiger partial charge in [-0.3, -0.25) is 0 Å². The van der Waals surface area contributed by atoms with E-state index in [-0.39, 0.29) is 6.61 Å². The molecule has 0 radical (unpaired) electrons. The van der Waals surface area contributed by atoms with Crippen molar-refractivity contribution in [2.45, 2.75) is 31.0 Å². The molecule has 2 unspecified atom stereocenters. The SMILES string of the molecule is CC1(O)C(n2cc3c4c(ncnc42)NCCN3)O[C@H](CO)[C@H]1O. The van der Waals surface area contributed by atoms with Crippen molar-refractivity contribution >= 4 is 22.5 Å². The number of nitrogens with one attached hydrogen (secondary N) is 2. The molecular formula is C14H19N5O4. The molecule has 4 atom stereocenters. The van der Waals surface area contributed by atoms with E-state index in [0.717, 1.165) is 24.2 Å². The minimum absolute atomic E-state index is 0.375. The minimum atomic E-state index is -1.56. The molecular weight excluding hydrogens is 302 g/mol. The van der Waals surface area contributed by atoms with Crippen molar-refractivity contribution in [3.8, 4) is 0 Å². The Bertz CT molecular complexity index is 746. The summed E-state index contributed by atoms with van der Waals surface area (Å²) in [5, 5.41) is 37.5. The lowest BCUT2D eigenvalue weighted by Gasteiger charge is -2.27. The minimum Gasteiger partial charge on any atom is -0.394 e. The van der Waals surface area contributed by atoms with Crippen LogP contribution < -0.4 is 10.6 Å². The van der Waals surface area contributed by atoms with Gasteiger partial charge < -0.3 is 35.3 Å². The highest BCUT2D eigenvalue weighted by atomic mass is 16.6. The van der Waals surface area contributed by atoms with E-state index in [2.05, 4.69) is 20.6 Å². The number of aliphatic hydroxyl groups excluding tert-OH is 2. The Labute approximate surface area is 131 Å². The Balaban J connectivity index is 1.87.